The van der Waals surface area contributed by atoms with Crippen molar-refractivity contribution in [1.82, 2.24) is 19.7 Å². The van der Waals surface area contributed by atoms with Crippen molar-refractivity contribution < 1.29 is 9.90 Å². The molecule has 2 aromatic heterocycles. The van der Waals surface area contributed by atoms with Gasteiger partial charge in [0.25, 0.3) is 11.1 Å². The van der Waals surface area contributed by atoms with Gasteiger partial charge in [0.05, 0.1) is 5.56 Å². The Morgan fingerprint density at radius 1 is 1.06 bits per heavy atom. The fraction of sp³-hybridized carbons (Fsp3) is 0.217. The van der Waals surface area contributed by atoms with E-state index in [0.717, 1.165) is 17.5 Å². The Morgan fingerprint density at radius 3 is 2.42 bits per heavy atom. The van der Waals surface area contributed by atoms with Gasteiger partial charge in [-0.1, -0.05) is 56.3 Å². The smallest absolute Gasteiger partial charge is 0.336 e. The number of carbonyl (C=O) groups is 1. The van der Waals surface area contributed by atoms with E-state index in [0.29, 0.717) is 17.9 Å². The molecule has 3 N–H and O–H groups in total. The molecule has 8 nitrogen and oxygen atoms in total. The zero-order valence-corrected chi connectivity index (χ0v) is 17.2. The molecule has 2 aromatic carbocycles. The summed E-state index contributed by atoms with van der Waals surface area (Å²) in [6, 6.07) is 14.3. The fourth-order valence-electron chi connectivity index (χ4n) is 3.70. The molecule has 0 bridgehead atoms. The molecule has 0 radical (unpaired) electrons. The van der Waals surface area contributed by atoms with Crippen molar-refractivity contribution in [3.63, 3.8) is 0 Å². The molecule has 8 heteroatoms. The Balaban J connectivity index is 1.77. The molecule has 0 fully saturated rings. The van der Waals surface area contributed by atoms with Gasteiger partial charge in [-0.15, -0.1) is 0 Å². The maximum absolute atomic E-state index is 12.5. The summed E-state index contributed by atoms with van der Waals surface area (Å²) >= 11 is 0. The van der Waals surface area contributed by atoms with Gasteiger partial charge in [0.2, 0.25) is 0 Å². The predicted molar refractivity (Wildman–Crippen MR) is 118 cm³/mol. The Labute approximate surface area is 177 Å². The minimum Gasteiger partial charge on any atom is -0.478 e. The number of carboxylic acid groups (broad SMARTS) is 1. The Bertz CT molecular complexity index is 1380. The molecule has 0 aliphatic carbocycles. The minimum atomic E-state index is -0.979. The van der Waals surface area contributed by atoms with E-state index in [4.69, 9.17) is 0 Å². The van der Waals surface area contributed by atoms with Gasteiger partial charge in [-0.2, -0.15) is 0 Å². The molecule has 0 amide bonds. The van der Waals surface area contributed by atoms with Crippen LogP contribution in [0.3, 0.4) is 0 Å². The van der Waals surface area contributed by atoms with E-state index in [-0.39, 0.29) is 22.5 Å². The number of carboxylic acids is 1. The van der Waals surface area contributed by atoms with Gasteiger partial charge in [-0.3, -0.25) is 19.8 Å². The second kappa shape index (κ2) is 8.06. The van der Waals surface area contributed by atoms with Crippen LogP contribution in [0.5, 0.6) is 0 Å². The van der Waals surface area contributed by atoms with E-state index < -0.39 is 17.1 Å². The Morgan fingerprint density at radius 2 is 1.74 bits per heavy atom. The number of aromatic carboxylic acids is 1. The van der Waals surface area contributed by atoms with Crippen molar-refractivity contribution in [3.05, 3.63) is 86.2 Å². The summed E-state index contributed by atoms with van der Waals surface area (Å²) in [5, 5.41) is 14.1. The fourth-order valence-corrected chi connectivity index (χ4v) is 3.70. The van der Waals surface area contributed by atoms with Crippen LogP contribution in [0.15, 0.2) is 58.1 Å². The molecule has 1 unspecified atom stereocenters. The van der Waals surface area contributed by atoms with Crippen molar-refractivity contribution in [2.24, 2.45) is 0 Å². The van der Waals surface area contributed by atoms with Crippen molar-refractivity contribution in [1.29, 1.82) is 0 Å². The van der Waals surface area contributed by atoms with Gasteiger partial charge in [0, 0.05) is 12.5 Å². The summed E-state index contributed by atoms with van der Waals surface area (Å²) in [6.07, 6.45) is 0.810. The molecule has 4 aromatic rings. The molecule has 0 spiro atoms. The molecule has 0 aliphatic heterocycles. The van der Waals surface area contributed by atoms with Gasteiger partial charge in [0.1, 0.15) is 11.3 Å². The quantitative estimate of drug-likeness (QED) is 0.443. The highest BCUT2D eigenvalue weighted by Gasteiger charge is 2.20. The molecule has 4 rings (SSSR count). The van der Waals surface area contributed by atoms with Crippen LogP contribution in [-0.2, 0) is 6.54 Å². The molecule has 0 aliphatic rings. The van der Waals surface area contributed by atoms with Gasteiger partial charge in [-0.05, 0) is 29.2 Å². The number of hydrogen-bond acceptors (Lipinski definition) is 4. The number of aromatic nitrogens is 4. The number of aromatic amines is 2. The third-order valence-electron chi connectivity index (χ3n) is 5.53. The zero-order chi connectivity index (χ0) is 22.1. The Kier molecular flexibility index (Phi) is 5.29. The lowest BCUT2D eigenvalue weighted by atomic mass is 9.98. The first kappa shape index (κ1) is 20.3. The highest BCUT2D eigenvalue weighted by atomic mass is 16.4. The number of H-pyrrole nitrogens is 2. The maximum Gasteiger partial charge on any atom is 0.336 e. The maximum atomic E-state index is 12.5. The van der Waals surface area contributed by atoms with Crippen LogP contribution < -0.4 is 11.1 Å². The molecule has 158 valence electrons. The van der Waals surface area contributed by atoms with Crippen molar-refractivity contribution in [2.45, 2.75) is 32.7 Å². The second-order valence-corrected chi connectivity index (χ2v) is 7.52. The van der Waals surface area contributed by atoms with Crippen LogP contribution in [0.25, 0.3) is 22.2 Å². The van der Waals surface area contributed by atoms with E-state index in [1.807, 2.05) is 38.1 Å². The highest BCUT2D eigenvalue weighted by Crippen LogP contribution is 2.26. The number of benzene rings is 2. The average Bonchev–Trinajstić information content (AvgIpc) is 3.17. The summed E-state index contributed by atoms with van der Waals surface area (Å²) < 4.78 is 1.79. The lowest BCUT2D eigenvalue weighted by Gasteiger charge is -2.13. The molecular formula is C23H22N4O4. The molecule has 1 atom stereocenters. The first-order chi connectivity index (χ1) is 14.9. The van der Waals surface area contributed by atoms with Crippen LogP contribution in [0.4, 0.5) is 0 Å². The van der Waals surface area contributed by atoms with Gasteiger partial charge < -0.3 is 9.67 Å². The van der Waals surface area contributed by atoms with Crippen molar-refractivity contribution in [2.75, 3.05) is 0 Å². The Hall–Kier alpha value is -3.94. The topological polar surface area (TPSA) is 121 Å². The largest absolute Gasteiger partial charge is 0.478 e. The van der Waals surface area contributed by atoms with E-state index in [1.165, 1.54) is 0 Å². The molecule has 31 heavy (non-hydrogen) atoms. The van der Waals surface area contributed by atoms with E-state index >= 15 is 0 Å². The third kappa shape index (κ3) is 3.68. The SMILES string of the molecule is CCC(C)c1nc2c(=O)[nH][nH]c(=O)c2n1Cc1ccc(-c2ccccc2C(=O)O)cc1. The summed E-state index contributed by atoms with van der Waals surface area (Å²) in [5.41, 5.74) is 2.11. The number of nitrogens with zero attached hydrogens (tertiary/aromatic N) is 2. The molecule has 2 heterocycles. The normalized spacial score (nSPS) is 12.2. The van der Waals surface area contributed by atoms with Gasteiger partial charge >= 0.3 is 5.97 Å². The van der Waals surface area contributed by atoms with Gasteiger partial charge in [0.15, 0.2) is 5.52 Å². The minimum absolute atomic E-state index is 0.0629. The van der Waals surface area contributed by atoms with Crippen LogP contribution in [0.1, 0.15) is 47.9 Å². The first-order valence-electron chi connectivity index (χ1n) is 10.0. The lowest BCUT2D eigenvalue weighted by molar-refractivity contribution is 0.0697. The number of nitrogens with one attached hydrogen (secondary N) is 2. The lowest BCUT2D eigenvalue weighted by Crippen LogP contribution is -2.21. The number of imidazole rings is 1. The summed E-state index contributed by atoms with van der Waals surface area (Å²) in [7, 11) is 0. The third-order valence-corrected chi connectivity index (χ3v) is 5.53. The molecule has 0 saturated heterocycles. The van der Waals surface area contributed by atoms with Crippen LogP contribution >= 0.6 is 0 Å². The second-order valence-electron chi connectivity index (χ2n) is 7.52. The predicted octanol–water partition coefficient (Wildman–Crippen LogP) is 3.34. The highest BCUT2D eigenvalue weighted by molar-refractivity contribution is 5.96. The summed E-state index contributed by atoms with van der Waals surface area (Å²) in [6.45, 7) is 4.40. The standard InChI is InChI=1S/C23H22N4O4/c1-3-13(2)20-24-18-19(22(29)26-25-21(18)28)27(20)12-14-8-10-15(11-9-14)16-6-4-5-7-17(16)23(30)31/h4-11,13H,3,12H2,1-2H3,(H,25,28)(H,26,29)(H,30,31). The van der Waals surface area contributed by atoms with E-state index in [1.54, 1.807) is 28.8 Å². The monoisotopic (exact) mass is 418 g/mol. The van der Waals surface area contributed by atoms with E-state index in [2.05, 4.69) is 15.2 Å². The summed E-state index contributed by atoms with van der Waals surface area (Å²) in [4.78, 5) is 40.6. The van der Waals surface area contributed by atoms with Crippen LogP contribution in [0, 0.1) is 0 Å². The van der Waals surface area contributed by atoms with Gasteiger partial charge in [-0.25, -0.2) is 9.78 Å². The molecular weight excluding hydrogens is 396 g/mol. The van der Waals surface area contributed by atoms with Crippen molar-refractivity contribution in [3.8, 4) is 11.1 Å². The first-order valence-corrected chi connectivity index (χ1v) is 10.0. The van der Waals surface area contributed by atoms with Crippen LogP contribution in [0.2, 0.25) is 0 Å². The van der Waals surface area contributed by atoms with Crippen LogP contribution in [-0.4, -0.2) is 30.8 Å². The summed E-state index contributed by atoms with van der Waals surface area (Å²) in [5.74, 6) is -0.236. The average molecular weight is 418 g/mol. The van der Waals surface area contributed by atoms with Crippen molar-refractivity contribution >= 4 is 17.0 Å². The van der Waals surface area contributed by atoms with E-state index in [9.17, 15) is 19.5 Å². The number of rotatable bonds is 6. The number of fused-ring (bicyclic) bond motifs is 1. The zero-order valence-electron chi connectivity index (χ0n) is 17.2. The number of hydrogen-bond donors (Lipinski definition) is 3. The molecule has 0 saturated carbocycles.